The molecule has 0 aliphatic heterocycles. The van der Waals surface area contributed by atoms with Gasteiger partial charge in [-0.1, -0.05) is 19.3 Å². The molecule has 1 saturated carbocycles. The van der Waals surface area contributed by atoms with Crippen LogP contribution in [0.3, 0.4) is 0 Å². The van der Waals surface area contributed by atoms with Crippen molar-refractivity contribution in [3.63, 3.8) is 0 Å². The van der Waals surface area contributed by atoms with Crippen molar-refractivity contribution in [1.29, 1.82) is 0 Å². The number of rotatable bonds is 3. The highest BCUT2D eigenvalue weighted by atomic mass is 35.7. The third-order valence-electron chi connectivity index (χ3n) is 3.47. The van der Waals surface area contributed by atoms with E-state index in [0.717, 1.165) is 32.1 Å². The minimum atomic E-state index is -4.39. The Kier molecular flexibility index (Phi) is 4.83. The van der Waals surface area contributed by atoms with Crippen molar-refractivity contribution in [3.05, 3.63) is 29.3 Å². The zero-order valence-electron chi connectivity index (χ0n) is 11.0. The van der Waals surface area contributed by atoms with Gasteiger partial charge in [0.05, 0.1) is 5.56 Å². The molecular weight excluding hydrogens is 324 g/mol. The lowest BCUT2D eigenvalue weighted by atomic mass is 9.95. The average molecular weight is 338 g/mol. The number of carbonyl (C=O) groups excluding carboxylic acids is 1. The zero-order chi connectivity index (χ0) is 15.6. The molecule has 1 aromatic carbocycles. The Morgan fingerprint density at radius 1 is 1.14 bits per heavy atom. The number of hydrogen-bond donors (Lipinski definition) is 1. The molecule has 8 heteroatoms. The molecule has 0 radical (unpaired) electrons. The second kappa shape index (κ2) is 6.27. The lowest BCUT2D eigenvalue weighted by molar-refractivity contribution is 0.0923. The van der Waals surface area contributed by atoms with Crippen LogP contribution < -0.4 is 5.32 Å². The number of nitrogens with one attached hydrogen (secondary N) is 1. The molecule has 1 N–H and O–H groups in total. The Hall–Kier alpha value is -1.21. The molecule has 0 spiro atoms. The second-order valence-electron chi connectivity index (χ2n) is 5.01. The Morgan fingerprint density at radius 3 is 2.33 bits per heavy atom. The van der Waals surface area contributed by atoms with Crippen LogP contribution >= 0.6 is 10.7 Å². The molecule has 0 saturated heterocycles. The Morgan fingerprint density at radius 2 is 1.76 bits per heavy atom. The van der Waals surface area contributed by atoms with Gasteiger partial charge in [0.2, 0.25) is 0 Å². The molecule has 0 heterocycles. The normalized spacial score (nSPS) is 16.7. The van der Waals surface area contributed by atoms with Gasteiger partial charge in [-0.25, -0.2) is 17.2 Å². The van der Waals surface area contributed by atoms with Crippen molar-refractivity contribution < 1.29 is 22.0 Å². The Balaban J connectivity index is 2.28. The first-order valence-electron chi connectivity index (χ1n) is 6.53. The van der Waals surface area contributed by atoms with Crippen LogP contribution in [-0.2, 0) is 9.05 Å². The summed E-state index contributed by atoms with van der Waals surface area (Å²) in [4.78, 5) is 11.1. The monoisotopic (exact) mass is 337 g/mol. The molecular formula is C13H14ClF2NO3S. The van der Waals surface area contributed by atoms with Gasteiger partial charge in [0.15, 0.2) is 0 Å². The van der Waals surface area contributed by atoms with Crippen molar-refractivity contribution in [1.82, 2.24) is 5.32 Å². The molecule has 1 amide bonds. The number of amides is 1. The molecule has 4 nitrogen and oxygen atoms in total. The van der Waals surface area contributed by atoms with E-state index in [9.17, 15) is 22.0 Å². The van der Waals surface area contributed by atoms with Gasteiger partial charge < -0.3 is 5.32 Å². The fourth-order valence-corrected chi connectivity index (χ4v) is 3.31. The first kappa shape index (κ1) is 16.2. The summed E-state index contributed by atoms with van der Waals surface area (Å²) < 4.78 is 49.5. The van der Waals surface area contributed by atoms with E-state index in [2.05, 4.69) is 5.32 Å². The van der Waals surface area contributed by atoms with Crippen LogP contribution in [0.15, 0.2) is 17.0 Å². The summed E-state index contributed by atoms with van der Waals surface area (Å²) in [5, 5.41) is 2.63. The highest BCUT2D eigenvalue weighted by Gasteiger charge is 2.24. The van der Waals surface area contributed by atoms with Crippen molar-refractivity contribution in [2.24, 2.45) is 0 Å². The van der Waals surface area contributed by atoms with Crippen LogP contribution in [0.1, 0.15) is 42.5 Å². The summed E-state index contributed by atoms with van der Waals surface area (Å²) in [6, 6.07) is 0.905. The van der Waals surface area contributed by atoms with Gasteiger partial charge in [0, 0.05) is 22.8 Å². The first-order chi connectivity index (χ1) is 9.79. The lowest BCUT2D eigenvalue weighted by Gasteiger charge is -2.22. The Bertz CT molecular complexity index is 658. The van der Waals surface area contributed by atoms with E-state index in [1.54, 1.807) is 0 Å². The number of carbonyl (C=O) groups is 1. The van der Waals surface area contributed by atoms with Gasteiger partial charge in [-0.15, -0.1) is 0 Å². The van der Waals surface area contributed by atoms with Crippen LogP contribution in [-0.4, -0.2) is 20.4 Å². The summed E-state index contributed by atoms with van der Waals surface area (Å²) in [6.45, 7) is 0. The van der Waals surface area contributed by atoms with E-state index in [1.165, 1.54) is 0 Å². The minimum absolute atomic E-state index is 0.0771. The van der Waals surface area contributed by atoms with E-state index in [-0.39, 0.29) is 6.04 Å². The topological polar surface area (TPSA) is 63.2 Å². The summed E-state index contributed by atoms with van der Waals surface area (Å²) >= 11 is 0. The van der Waals surface area contributed by atoms with Crippen LogP contribution in [0.5, 0.6) is 0 Å². The fourth-order valence-electron chi connectivity index (χ4n) is 2.40. The third-order valence-corrected chi connectivity index (χ3v) is 4.81. The van der Waals surface area contributed by atoms with Crippen molar-refractivity contribution in [2.75, 3.05) is 0 Å². The van der Waals surface area contributed by atoms with Gasteiger partial charge in [-0.05, 0) is 18.9 Å². The van der Waals surface area contributed by atoms with Crippen molar-refractivity contribution >= 4 is 25.6 Å². The number of hydrogen-bond acceptors (Lipinski definition) is 3. The number of halogens is 3. The van der Waals surface area contributed by atoms with Gasteiger partial charge in [-0.3, -0.25) is 4.79 Å². The highest BCUT2D eigenvalue weighted by molar-refractivity contribution is 8.13. The smallest absolute Gasteiger partial charge is 0.264 e. The molecule has 1 aliphatic carbocycles. The molecule has 0 aromatic heterocycles. The summed E-state index contributed by atoms with van der Waals surface area (Å²) in [6.07, 6.45) is 4.60. The number of benzene rings is 1. The Labute approximate surface area is 125 Å². The molecule has 116 valence electrons. The average Bonchev–Trinajstić information content (AvgIpc) is 2.38. The maximum Gasteiger partial charge on any atom is 0.264 e. The largest absolute Gasteiger partial charge is 0.349 e. The minimum Gasteiger partial charge on any atom is -0.349 e. The van der Waals surface area contributed by atoms with Gasteiger partial charge in [0.25, 0.3) is 15.0 Å². The van der Waals surface area contributed by atoms with Crippen LogP contribution in [0.4, 0.5) is 8.78 Å². The summed E-state index contributed by atoms with van der Waals surface area (Å²) in [7, 11) is 0.674. The lowest BCUT2D eigenvalue weighted by Crippen LogP contribution is -2.36. The zero-order valence-corrected chi connectivity index (χ0v) is 12.6. The molecule has 21 heavy (non-hydrogen) atoms. The van der Waals surface area contributed by atoms with Crippen LogP contribution in [0, 0.1) is 11.6 Å². The SMILES string of the molecule is O=C(NC1CCCCC1)c1cc(S(=O)(=O)Cl)c(F)cc1F. The van der Waals surface area contributed by atoms with E-state index in [1.807, 2.05) is 0 Å². The third kappa shape index (κ3) is 3.91. The van der Waals surface area contributed by atoms with E-state index in [4.69, 9.17) is 10.7 Å². The van der Waals surface area contributed by atoms with Crippen LogP contribution in [0.25, 0.3) is 0 Å². The summed E-state index contributed by atoms with van der Waals surface area (Å²) in [5.41, 5.74) is -0.527. The highest BCUT2D eigenvalue weighted by Crippen LogP contribution is 2.23. The van der Waals surface area contributed by atoms with E-state index < -0.39 is 37.1 Å². The van der Waals surface area contributed by atoms with E-state index in [0.29, 0.717) is 12.1 Å². The molecule has 1 aromatic rings. The van der Waals surface area contributed by atoms with Crippen molar-refractivity contribution in [3.8, 4) is 0 Å². The van der Waals surface area contributed by atoms with Gasteiger partial charge in [-0.2, -0.15) is 0 Å². The van der Waals surface area contributed by atoms with Gasteiger partial charge >= 0.3 is 0 Å². The molecule has 0 unspecified atom stereocenters. The molecule has 0 atom stereocenters. The van der Waals surface area contributed by atoms with Crippen LogP contribution in [0.2, 0.25) is 0 Å². The molecule has 0 bridgehead atoms. The maximum absolute atomic E-state index is 13.7. The predicted octanol–water partition coefficient (Wildman–Crippen LogP) is 2.95. The molecule has 1 aliphatic rings. The van der Waals surface area contributed by atoms with E-state index >= 15 is 0 Å². The molecule has 2 rings (SSSR count). The fraction of sp³-hybridized carbons (Fsp3) is 0.462. The maximum atomic E-state index is 13.7. The second-order valence-corrected chi connectivity index (χ2v) is 7.54. The molecule has 1 fully saturated rings. The predicted molar refractivity (Wildman–Crippen MR) is 73.7 cm³/mol. The first-order valence-corrected chi connectivity index (χ1v) is 8.84. The van der Waals surface area contributed by atoms with Gasteiger partial charge in [0.1, 0.15) is 16.5 Å². The summed E-state index contributed by atoms with van der Waals surface area (Å²) in [5.74, 6) is -3.21. The standard InChI is InChI=1S/C13H14ClF2NO3S/c14-21(19,20)12-6-9(10(15)7-11(12)16)13(18)17-8-4-2-1-3-5-8/h6-8H,1-5H2,(H,17,18). The van der Waals surface area contributed by atoms with Crippen molar-refractivity contribution in [2.45, 2.75) is 43.0 Å². The quantitative estimate of drug-likeness (QED) is 0.862.